The highest BCUT2D eigenvalue weighted by atomic mass is 35.5. The smallest absolute Gasteiger partial charge is 0.254 e. The first-order chi connectivity index (χ1) is 16.5. The Morgan fingerprint density at radius 2 is 1.62 bits per heavy atom. The molecule has 4 aliphatic carbocycles. The van der Waals surface area contributed by atoms with Gasteiger partial charge in [-0.05, 0) is 54.7 Å². The molecule has 6 atom stereocenters. The molecule has 34 heavy (non-hydrogen) atoms. The van der Waals surface area contributed by atoms with Crippen molar-refractivity contribution in [3.05, 3.63) is 82.5 Å². The molecule has 5 aliphatic rings. The highest BCUT2D eigenvalue weighted by Gasteiger charge is 2.67. The number of carbonyl (C=O) groups is 2. The molecular formula is C28H24ClN3O2. The zero-order valence-electron chi connectivity index (χ0n) is 18.8. The summed E-state index contributed by atoms with van der Waals surface area (Å²) in [6.07, 6.45) is 7.23. The van der Waals surface area contributed by atoms with E-state index in [9.17, 15) is 9.59 Å². The van der Waals surface area contributed by atoms with E-state index in [4.69, 9.17) is 11.6 Å². The summed E-state index contributed by atoms with van der Waals surface area (Å²) in [4.78, 5) is 26.6. The fourth-order valence-electron chi connectivity index (χ4n) is 6.79. The Balaban J connectivity index is 1.25. The van der Waals surface area contributed by atoms with Gasteiger partial charge in [0, 0.05) is 33.7 Å². The molecule has 3 fully saturated rings. The third-order valence-electron chi connectivity index (χ3n) is 8.51. The number of hydrogen-bond donors (Lipinski definition) is 0. The first-order valence-corrected chi connectivity index (χ1v) is 12.3. The number of fused-ring (bicyclic) bond motifs is 1. The Labute approximate surface area is 202 Å². The van der Waals surface area contributed by atoms with Crippen LogP contribution >= 0.6 is 11.6 Å². The first-order valence-electron chi connectivity index (χ1n) is 12.0. The fraction of sp³-hybridized carbons (Fsp3) is 0.321. The second-order valence-corrected chi connectivity index (χ2v) is 10.5. The van der Waals surface area contributed by atoms with Gasteiger partial charge in [0.2, 0.25) is 0 Å². The lowest BCUT2D eigenvalue weighted by molar-refractivity contribution is -0.140. The quantitative estimate of drug-likeness (QED) is 0.305. The first kappa shape index (κ1) is 20.2. The Morgan fingerprint density at radius 1 is 0.971 bits per heavy atom. The van der Waals surface area contributed by atoms with Gasteiger partial charge in [-0.2, -0.15) is 10.1 Å². The summed E-state index contributed by atoms with van der Waals surface area (Å²) >= 11 is 6.44. The molecule has 1 aliphatic heterocycles. The second-order valence-electron chi connectivity index (χ2n) is 10.1. The number of rotatable bonds is 4. The Hall–Kier alpha value is -3.18. The summed E-state index contributed by atoms with van der Waals surface area (Å²) in [5.41, 5.74) is 4.04. The maximum Gasteiger partial charge on any atom is 0.254 e. The van der Waals surface area contributed by atoms with Crippen molar-refractivity contribution in [1.29, 1.82) is 0 Å². The average molecular weight is 470 g/mol. The van der Waals surface area contributed by atoms with Crippen LogP contribution in [0.4, 0.5) is 0 Å². The number of aromatic nitrogens is 1. The lowest BCUT2D eigenvalue weighted by atomic mass is 9.63. The van der Waals surface area contributed by atoms with E-state index in [0.717, 1.165) is 44.2 Å². The molecule has 1 aromatic heterocycles. The number of benzene rings is 2. The van der Waals surface area contributed by atoms with Crippen molar-refractivity contribution in [2.45, 2.75) is 19.9 Å². The minimum Gasteiger partial charge on any atom is -0.340 e. The highest BCUT2D eigenvalue weighted by molar-refractivity contribution is 6.31. The Kier molecular flexibility index (Phi) is 4.26. The maximum atomic E-state index is 13.3. The van der Waals surface area contributed by atoms with E-state index in [0.29, 0.717) is 18.4 Å². The van der Waals surface area contributed by atoms with Crippen molar-refractivity contribution in [2.75, 3.05) is 0 Å². The van der Waals surface area contributed by atoms with Gasteiger partial charge in [-0.25, -0.2) is 0 Å². The molecule has 0 unspecified atom stereocenters. The number of carbonyl (C=O) groups excluding carboxylic acids is 2. The summed E-state index contributed by atoms with van der Waals surface area (Å²) in [6, 6.07) is 16.0. The van der Waals surface area contributed by atoms with Crippen molar-refractivity contribution in [2.24, 2.45) is 40.6 Å². The molecule has 3 aromatic rings. The third-order valence-corrected chi connectivity index (χ3v) is 8.88. The summed E-state index contributed by atoms with van der Waals surface area (Å²) in [7, 11) is 0. The maximum absolute atomic E-state index is 13.3. The zero-order chi connectivity index (χ0) is 23.1. The molecule has 0 N–H and O–H groups in total. The van der Waals surface area contributed by atoms with Crippen LogP contribution in [0.5, 0.6) is 0 Å². The van der Waals surface area contributed by atoms with E-state index in [1.807, 2.05) is 43.3 Å². The molecule has 5 nitrogen and oxygen atoms in total. The number of hydrazone groups is 1. The summed E-state index contributed by atoms with van der Waals surface area (Å²) < 4.78 is 2.21. The monoisotopic (exact) mass is 469 g/mol. The van der Waals surface area contributed by atoms with Crippen LogP contribution in [0.1, 0.15) is 23.2 Å². The second kappa shape index (κ2) is 7.16. The third kappa shape index (κ3) is 2.70. The van der Waals surface area contributed by atoms with Crippen LogP contribution in [0.25, 0.3) is 10.9 Å². The molecule has 8 rings (SSSR count). The lowest BCUT2D eigenvalue weighted by Crippen LogP contribution is -2.40. The number of allylic oxidation sites excluding steroid dienone is 2. The van der Waals surface area contributed by atoms with Gasteiger partial charge in [-0.15, -0.1) is 0 Å². The number of halogens is 1. The number of para-hydroxylation sites is 1. The van der Waals surface area contributed by atoms with Gasteiger partial charge in [0.15, 0.2) is 0 Å². The summed E-state index contributed by atoms with van der Waals surface area (Å²) in [5.74, 6) is 0.856. The number of imide groups is 1. The number of amides is 2. The fourth-order valence-corrected chi connectivity index (χ4v) is 6.99. The SMILES string of the molecule is Cc1c(/C=N\N2C(=O)[C@@H]3[C@@H]4C=C[C@@H]([C@@H]5C[C@H]45)[C@@H]3C2=O)c2ccccc2n1Cc1ccccc1Cl. The van der Waals surface area contributed by atoms with Gasteiger partial charge >= 0.3 is 0 Å². The number of nitrogens with zero attached hydrogens (tertiary/aromatic N) is 3. The lowest BCUT2D eigenvalue weighted by Gasteiger charge is -2.37. The van der Waals surface area contributed by atoms with E-state index < -0.39 is 0 Å². The van der Waals surface area contributed by atoms with Crippen LogP contribution in [0.2, 0.25) is 5.02 Å². The van der Waals surface area contributed by atoms with Gasteiger partial charge < -0.3 is 4.57 Å². The van der Waals surface area contributed by atoms with Gasteiger partial charge in [-0.1, -0.05) is 60.2 Å². The normalized spacial score (nSPS) is 31.1. The summed E-state index contributed by atoms with van der Waals surface area (Å²) in [5, 5.41) is 7.43. The van der Waals surface area contributed by atoms with Gasteiger partial charge in [-0.3, -0.25) is 9.59 Å². The zero-order valence-corrected chi connectivity index (χ0v) is 19.5. The largest absolute Gasteiger partial charge is 0.340 e. The molecule has 2 aromatic carbocycles. The van der Waals surface area contributed by atoms with E-state index >= 15 is 0 Å². The minimum atomic E-state index is -0.230. The van der Waals surface area contributed by atoms with Crippen LogP contribution in [0.15, 0.2) is 65.8 Å². The van der Waals surface area contributed by atoms with Crippen molar-refractivity contribution in [1.82, 2.24) is 9.58 Å². The van der Waals surface area contributed by atoms with Crippen molar-refractivity contribution in [3.8, 4) is 0 Å². The van der Waals surface area contributed by atoms with Gasteiger partial charge in [0.1, 0.15) is 0 Å². The van der Waals surface area contributed by atoms with Crippen molar-refractivity contribution < 1.29 is 9.59 Å². The molecule has 0 spiro atoms. The highest BCUT2D eigenvalue weighted by Crippen LogP contribution is 2.65. The summed E-state index contributed by atoms with van der Waals surface area (Å²) in [6.45, 7) is 2.67. The molecule has 6 heteroatoms. The molecule has 2 saturated carbocycles. The Bertz CT molecular complexity index is 1400. The van der Waals surface area contributed by atoms with E-state index in [1.165, 1.54) is 0 Å². The number of hydrogen-bond acceptors (Lipinski definition) is 3. The van der Waals surface area contributed by atoms with E-state index in [-0.39, 0.29) is 35.5 Å². The van der Waals surface area contributed by atoms with Crippen LogP contribution in [-0.2, 0) is 16.1 Å². The van der Waals surface area contributed by atoms with E-state index in [1.54, 1.807) is 6.21 Å². The minimum absolute atomic E-state index is 0.131. The van der Waals surface area contributed by atoms with Crippen LogP contribution < -0.4 is 0 Å². The predicted octanol–water partition coefficient (Wildman–Crippen LogP) is 5.04. The molecule has 1 saturated heterocycles. The molecule has 2 amide bonds. The van der Waals surface area contributed by atoms with Crippen molar-refractivity contribution in [3.63, 3.8) is 0 Å². The van der Waals surface area contributed by atoms with Crippen LogP contribution in [-0.4, -0.2) is 27.6 Å². The van der Waals surface area contributed by atoms with Gasteiger partial charge in [0.25, 0.3) is 11.8 Å². The van der Waals surface area contributed by atoms with Crippen molar-refractivity contribution >= 4 is 40.5 Å². The Morgan fingerprint density at radius 3 is 2.32 bits per heavy atom. The average Bonchev–Trinajstić information content (AvgIpc) is 3.59. The molecule has 170 valence electrons. The molecule has 2 heterocycles. The van der Waals surface area contributed by atoms with E-state index in [2.05, 4.69) is 34.0 Å². The molecule has 2 bridgehead atoms. The van der Waals surface area contributed by atoms with Crippen LogP contribution in [0.3, 0.4) is 0 Å². The topological polar surface area (TPSA) is 54.7 Å². The predicted molar refractivity (Wildman–Crippen MR) is 131 cm³/mol. The van der Waals surface area contributed by atoms with Gasteiger partial charge in [0.05, 0.1) is 18.1 Å². The molecular weight excluding hydrogens is 446 g/mol. The van der Waals surface area contributed by atoms with Crippen LogP contribution in [0, 0.1) is 42.4 Å². The molecule has 0 radical (unpaired) electrons. The standard InChI is InChI=1S/C28H24ClN3O2/c1-15-22(17-7-3-5-9-24(17)31(15)14-16-6-2-4-8-23(16)29)13-30-32-27(33)25-18-10-11-19(21-12-20(18)21)26(25)28(32)34/h2-11,13,18-21,25-26H,12,14H2,1H3/b30-13-/t18-,19+,20-,21+,25-,26+.